The molecule has 170 valence electrons. The Kier molecular flexibility index (Phi) is 6.22. The van der Waals surface area contributed by atoms with Gasteiger partial charge >= 0.3 is 0 Å². The number of benzene rings is 2. The van der Waals surface area contributed by atoms with Gasteiger partial charge in [-0.1, -0.05) is 0 Å². The van der Waals surface area contributed by atoms with Crippen LogP contribution in [0.3, 0.4) is 0 Å². The molecule has 2 amide bonds. The van der Waals surface area contributed by atoms with E-state index in [0.717, 1.165) is 11.4 Å². The predicted molar refractivity (Wildman–Crippen MR) is 124 cm³/mol. The van der Waals surface area contributed by atoms with Gasteiger partial charge in [0.2, 0.25) is 13.6 Å². The van der Waals surface area contributed by atoms with E-state index in [4.69, 9.17) is 18.9 Å². The van der Waals surface area contributed by atoms with Gasteiger partial charge < -0.3 is 24.3 Å². The first kappa shape index (κ1) is 21.4. The van der Waals surface area contributed by atoms with Gasteiger partial charge in [-0.25, -0.2) is 4.98 Å². The largest absolute Gasteiger partial charge is 0.454 e. The lowest BCUT2D eigenvalue weighted by atomic mass is 10.2. The molecule has 0 fully saturated rings. The highest BCUT2D eigenvalue weighted by molar-refractivity contribution is 7.98. The van der Waals surface area contributed by atoms with Crippen LogP contribution >= 0.6 is 23.1 Å². The summed E-state index contributed by atoms with van der Waals surface area (Å²) in [7, 11) is 0. The van der Waals surface area contributed by atoms with Gasteiger partial charge in [-0.2, -0.15) is 11.8 Å². The molecule has 0 saturated heterocycles. The van der Waals surface area contributed by atoms with Crippen molar-refractivity contribution in [3.63, 3.8) is 0 Å². The van der Waals surface area contributed by atoms with E-state index in [-0.39, 0.29) is 25.4 Å². The second kappa shape index (κ2) is 9.59. The van der Waals surface area contributed by atoms with Crippen LogP contribution < -0.4 is 29.6 Å². The molecule has 2 aromatic carbocycles. The van der Waals surface area contributed by atoms with Crippen molar-refractivity contribution < 1.29 is 28.5 Å². The molecule has 5 rings (SSSR count). The predicted octanol–water partition coefficient (Wildman–Crippen LogP) is 3.52. The maximum Gasteiger partial charge on any atom is 0.257 e. The van der Waals surface area contributed by atoms with E-state index in [0.29, 0.717) is 51.6 Å². The summed E-state index contributed by atoms with van der Waals surface area (Å²) < 4.78 is 21.1. The van der Waals surface area contributed by atoms with E-state index in [1.165, 1.54) is 11.3 Å². The summed E-state index contributed by atoms with van der Waals surface area (Å²) in [5, 5.41) is 8.14. The van der Waals surface area contributed by atoms with Crippen LogP contribution in [-0.2, 0) is 5.75 Å². The number of amides is 2. The van der Waals surface area contributed by atoms with Gasteiger partial charge in [0.25, 0.3) is 11.8 Å². The van der Waals surface area contributed by atoms with Crippen molar-refractivity contribution in [3.05, 3.63) is 58.6 Å². The highest BCUT2D eigenvalue weighted by atomic mass is 32.2. The molecule has 0 bridgehead atoms. The fourth-order valence-corrected chi connectivity index (χ4v) is 4.75. The summed E-state index contributed by atoms with van der Waals surface area (Å²) >= 11 is 3.02. The van der Waals surface area contributed by atoms with Crippen LogP contribution in [0, 0.1) is 0 Å². The van der Waals surface area contributed by atoms with Crippen molar-refractivity contribution in [2.75, 3.05) is 31.2 Å². The fourth-order valence-electron chi connectivity index (χ4n) is 3.19. The van der Waals surface area contributed by atoms with Crippen LogP contribution in [0.5, 0.6) is 23.0 Å². The molecular weight excluding hydrogens is 466 g/mol. The molecule has 3 aromatic rings. The maximum absolute atomic E-state index is 12.5. The van der Waals surface area contributed by atoms with Crippen molar-refractivity contribution in [2.45, 2.75) is 5.75 Å². The minimum Gasteiger partial charge on any atom is -0.454 e. The summed E-state index contributed by atoms with van der Waals surface area (Å²) in [6, 6.07) is 10.2. The second-order valence-corrected chi connectivity index (χ2v) is 9.01. The van der Waals surface area contributed by atoms with Crippen molar-refractivity contribution in [2.24, 2.45) is 0 Å². The van der Waals surface area contributed by atoms with Gasteiger partial charge in [-0.3, -0.25) is 14.9 Å². The van der Waals surface area contributed by atoms with E-state index in [2.05, 4.69) is 15.6 Å². The monoisotopic (exact) mass is 485 g/mol. The average molecular weight is 486 g/mol. The quantitative estimate of drug-likeness (QED) is 0.467. The molecule has 33 heavy (non-hydrogen) atoms. The molecule has 9 nitrogen and oxygen atoms in total. The first-order valence-corrected chi connectivity index (χ1v) is 12.1. The number of carbonyl (C=O) groups excluding carboxylic acids is 2. The van der Waals surface area contributed by atoms with Crippen LogP contribution in [0.1, 0.15) is 26.4 Å². The van der Waals surface area contributed by atoms with Crippen molar-refractivity contribution in [1.82, 2.24) is 10.3 Å². The highest BCUT2D eigenvalue weighted by Gasteiger charge is 2.18. The third-order valence-electron chi connectivity index (χ3n) is 4.82. The SMILES string of the molecule is O=C(NCCSCc1csc(NC(=O)c2ccc3c(c2)OCO3)n1)c1ccc2c(c1)OCO2. The first-order chi connectivity index (χ1) is 16.2. The Bertz CT molecular complexity index is 1200. The Hall–Kier alpha value is -3.44. The van der Waals surface area contributed by atoms with Crippen molar-refractivity contribution in [3.8, 4) is 23.0 Å². The molecule has 2 N–H and O–H groups in total. The number of carbonyl (C=O) groups is 2. The molecule has 0 unspecified atom stereocenters. The number of nitrogens with zero attached hydrogens (tertiary/aromatic N) is 1. The third-order valence-corrected chi connectivity index (χ3v) is 6.62. The van der Waals surface area contributed by atoms with E-state index < -0.39 is 0 Å². The van der Waals surface area contributed by atoms with Crippen LogP contribution in [0.25, 0.3) is 0 Å². The van der Waals surface area contributed by atoms with Crippen LogP contribution in [0.15, 0.2) is 41.8 Å². The molecule has 2 aliphatic rings. The highest BCUT2D eigenvalue weighted by Crippen LogP contribution is 2.33. The van der Waals surface area contributed by atoms with Gasteiger partial charge in [0.15, 0.2) is 28.1 Å². The number of ether oxygens (including phenoxy) is 4. The van der Waals surface area contributed by atoms with E-state index >= 15 is 0 Å². The number of nitrogens with one attached hydrogen (secondary N) is 2. The lowest BCUT2D eigenvalue weighted by Crippen LogP contribution is -2.25. The van der Waals surface area contributed by atoms with Crippen LogP contribution in [0.2, 0.25) is 0 Å². The summed E-state index contributed by atoms with van der Waals surface area (Å²) in [5.41, 5.74) is 1.88. The number of hydrogen-bond donors (Lipinski definition) is 2. The molecule has 2 aliphatic heterocycles. The zero-order valence-corrected chi connectivity index (χ0v) is 18.9. The summed E-state index contributed by atoms with van der Waals surface area (Å²) in [6.45, 7) is 0.864. The van der Waals surface area contributed by atoms with Gasteiger partial charge in [0.05, 0.1) is 5.69 Å². The van der Waals surface area contributed by atoms with E-state index in [1.54, 1.807) is 48.2 Å². The van der Waals surface area contributed by atoms with E-state index in [9.17, 15) is 9.59 Å². The number of thioether (sulfide) groups is 1. The third kappa shape index (κ3) is 4.99. The fraction of sp³-hybridized carbons (Fsp3) is 0.227. The van der Waals surface area contributed by atoms with Gasteiger partial charge in [-0.05, 0) is 36.4 Å². The number of anilines is 1. The average Bonchev–Trinajstić information content (AvgIpc) is 3.58. The second-order valence-electron chi connectivity index (χ2n) is 7.04. The Labute approximate surface area is 197 Å². The molecule has 0 radical (unpaired) electrons. The summed E-state index contributed by atoms with van der Waals surface area (Å²) in [5.74, 6) is 3.42. The standard InChI is InChI=1S/C22H19N3O6S2/c26-20(13-1-3-16-18(7-13)30-11-28-16)23-5-6-32-9-15-10-33-22(24-15)25-21(27)14-2-4-17-19(8-14)31-12-29-17/h1-4,7-8,10H,5-6,9,11-12H2,(H,23,26)(H,24,25,27). The first-order valence-electron chi connectivity index (χ1n) is 10.1. The topological polar surface area (TPSA) is 108 Å². The minimum atomic E-state index is -0.256. The lowest BCUT2D eigenvalue weighted by molar-refractivity contribution is 0.0954. The van der Waals surface area contributed by atoms with Crippen molar-refractivity contribution in [1.29, 1.82) is 0 Å². The molecule has 3 heterocycles. The van der Waals surface area contributed by atoms with Gasteiger partial charge in [0, 0.05) is 34.6 Å². The Balaban J connectivity index is 1.04. The Morgan fingerprint density at radius 3 is 2.24 bits per heavy atom. The normalized spacial score (nSPS) is 13.1. The summed E-state index contributed by atoms with van der Waals surface area (Å²) in [6.07, 6.45) is 0. The Morgan fingerprint density at radius 1 is 0.909 bits per heavy atom. The molecular formula is C22H19N3O6S2. The zero-order chi connectivity index (χ0) is 22.6. The number of fused-ring (bicyclic) bond motifs is 2. The molecule has 0 aliphatic carbocycles. The number of thiazole rings is 1. The van der Waals surface area contributed by atoms with Gasteiger partial charge in [-0.15, -0.1) is 11.3 Å². The maximum atomic E-state index is 12.5. The van der Waals surface area contributed by atoms with E-state index in [1.807, 2.05) is 5.38 Å². The van der Waals surface area contributed by atoms with Crippen LogP contribution in [0.4, 0.5) is 5.13 Å². The molecule has 0 atom stereocenters. The molecule has 0 saturated carbocycles. The molecule has 1 aromatic heterocycles. The van der Waals surface area contributed by atoms with Gasteiger partial charge in [0.1, 0.15) is 0 Å². The summed E-state index contributed by atoms with van der Waals surface area (Å²) in [4.78, 5) is 29.2. The molecule has 11 heteroatoms. The molecule has 0 spiro atoms. The van der Waals surface area contributed by atoms with Crippen molar-refractivity contribution >= 4 is 40.0 Å². The van der Waals surface area contributed by atoms with Crippen LogP contribution in [-0.4, -0.2) is 42.7 Å². The smallest absolute Gasteiger partial charge is 0.257 e. The lowest BCUT2D eigenvalue weighted by Gasteiger charge is -2.06. The minimum absolute atomic E-state index is 0.156. The number of hydrogen-bond acceptors (Lipinski definition) is 9. The zero-order valence-electron chi connectivity index (χ0n) is 17.3. The number of rotatable bonds is 8. The Morgan fingerprint density at radius 2 is 1.55 bits per heavy atom. The number of aromatic nitrogens is 1.